The Labute approximate surface area is 244 Å². The van der Waals surface area contributed by atoms with Crippen LogP contribution in [0.2, 0.25) is 0 Å². The highest BCUT2D eigenvalue weighted by Gasteiger charge is 2.48. The van der Waals surface area contributed by atoms with Crippen molar-refractivity contribution in [2.45, 2.75) is 109 Å². The van der Waals surface area contributed by atoms with Crippen molar-refractivity contribution in [1.82, 2.24) is 0 Å². The number of phenols is 1. The molecule has 2 fully saturated rings. The topological polar surface area (TPSA) is 85.2 Å². The minimum absolute atomic E-state index is 0.0662. The zero-order valence-electron chi connectivity index (χ0n) is 24.9. The number of aliphatic hydroxyl groups excluding tert-OH is 1. The molecule has 2 bridgehead atoms. The number of rotatable bonds is 1. The lowest BCUT2D eigenvalue weighted by Crippen LogP contribution is -2.53. The van der Waals surface area contributed by atoms with Gasteiger partial charge in [0, 0.05) is 24.7 Å². The van der Waals surface area contributed by atoms with Gasteiger partial charge in [-0.1, -0.05) is 69.6 Å². The van der Waals surface area contributed by atoms with Crippen LogP contribution in [-0.2, 0) is 14.2 Å². The Morgan fingerprint density at radius 3 is 2.51 bits per heavy atom. The number of allylic oxidation sites excluding steroid dienone is 2. The number of aromatic hydroxyl groups is 1. The number of carbonyl (C=O) groups is 1. The highest BCUT2D eigenvalue weighted by molar-refractivity contribution is 5.94. The van der Waals surface area contributed by atoms with Gasteiger partial charge >= 0.3 is 5.97 Å². The average molecular weight is 563 g/mol. The molecule has 0 aromatic heterocycles. The van der Waals surface area contributed by atoms with E-state index in [0.29, 0.717) is 47.8 Å². The second-order valence-electron chi connectivity index (χ2n) is 12.7. The van der Waals surface area contributed by atoms with E-state index in [1.807, 2.05) is 38.2 Å². The van der Waals surface area contributed by atoms with Gasteiger partial charge in [-0.3, -0.25) is 0 Å². The molecule has 7 atom stereocenters. The van der Waals surface area contributed by atoms with Gasteiger partial charge in [0.15, 0.2) is 5.79 Å². The number of phenolic OH excluding ortho intramolecular Hbond substituents is 1. The number of ether oxygens (including phenoxy) is 3. The van der Waals surface area contributed by atoms with Crippen molar-refractivity contribution in [3.05, 3.63) is 70.9 Å². The van der Waals surface area contributed by atoms with Crippen molar-refractivity contribution in [1.29, 1.82) is 0 Å². The minimum atomic E-state index is -0.960. The highest BCUT2D eigenvalue weighted by atomic mass is 16.7. The predicted molar refractivity (Wildman–Crippen MR) is 160 cm³/mol. The first-order valence-corrected chi connectivity index (χ1v) is 15.4. The van der Waals surface area contributed by atoms with Gasteiger partial charge in [-0.05, 0) is 73.9 Å². The van der Waals surface area contributed by atoms with Crippen molar-refractivity contribution in [2.24, 2.45) is 17.8 Å². The molecule has 0 amide bonds. The third-order valence-corrected chi connectivity index (χ3v) is 9.36. The first-order valence-electron chi connectivity index (χ1n) is 15.4. The van der Waals surface area contributed by atoms with Crippen LogP contribution < -0.4 is 0 Å². The van der Waals surface area contributed by atoms with Crippen LogP contribution in [-0.4, -0.2) is 46.4 Å². The summed E-state index contributed by atoms with van der Waals surface area (Å²) in [5.74, 6) is -0.571. The first-order chi connectivity index (χ1) is 19.6. The van der Waals surface area contributed by atoms with E-state index < -0.39 is 24.0 Å². The van der Waals surface area contributed by atoms with E-state index in [1.165, 1.54) is 32.1 Å². The van der Waals surface area contributed by atoms with Crippen molar-refractivity contribution in [2.75, 3.05) is 0 Å². The number of fused-ring (bicyclic) bond motifs is 3. The van der Waals surface area contributed by atoms with Gasteiger partial charge in [0.1, 0.15) is 11.9 Å². The summed E-state index contributed by atoms with van der Waals surface area (Å²) in [5.41, 5.74) is 2.49. The average Bonchev–Trinajstić information content (AvgIpc) is 2.96. The Hall–Kier alpha value is -2.67. The van der Waals surface area contributed by atoms with Gasteiger partial charge in [-0.25, -0.2) is 4.79 Å². The highest BCUT2D eigenvalue weighted by Crippen LogP contribution is 2.43. The molecule has 1 spiro atoms. The zero-order valence-corrected chi connectivity index (χ0v) is 24.9. The van der Waals surface area contributed by atoms with Gasteiger partial charge < -0.3 is 24.4 Å². The molecule has 2 N–H and O–H groups in total. The van der Waals surface area contributed by atoms with Crippen LogP contribution in [0.5, 0.6) is 5.75 Å². The van der Waals surface area contributed by atoms with E-state index >= 15 is 0 Å². The lowest BCUT2D eigenvalue weighted by atomic mass is 9.79. The van der Waals surface area contributed by atoms with Crippen LogP contribution in [0, 0.1) is 24.7 Å². The van der Waals surface area contributed by atoms with Gasteiger partial charge in [-0.2, -0.15) is 0 Å². The summed E-state index contributed by atoms with van der Waals surface area (Å²) in [5, 5.41) is 21.4. The molecule has 222 valence electrons. The van der Waals surface area contributed by atoms with E-state index in [1.54, 1.807) is 25.1 Å². The Morgan fingerprint density at radius 1 is 0.951 bits per heavy atom. The fourth-order valence-electron chi connectivity index (χ4n) is 6.86. The SMILES string of the molecule is CC1=CC[C@@H]2C[C@@H](C[C@]3(C=C[C@H](C)[C@@H](C4CCCCC4)O3)O2)OC(=O)c2cc(C)c(O)cc2C=CC=C[C@H](C)[C@@H]1O. The molecule has 1 saturated heterocycles. The maximum absolute atomic E-state index is 13.6. The number of esters is 1. The first kappa shape index (κ1) is 29.8. The molecular weight excluding hydrogens is 516 g/mol. The molecule has 41 heavy (non-hydrogen) atoms. The van der Waals surface area contributed by atoms with Crippen LogP contribution in [0.25, 0.3) is 6.08 Å². The van der Waals surface area contributed by atoms with Crippen LogP contribution in [0.3, 0.4) is 0 Å². The Morgan fingerprint density at radius 2 is 1.73 bits per heavy atom. The lowest BCUT2D eigenvalue weighted by Gasteiger charge is -2.48. The number of aryl methyl sites for hydroxylation is 1. The molecule has 5 rings (SSSR count). The van der Waals surface area contributed by atoms with Crippen LogP contribution in [0.1, 0.15) is 93.6 Å². The fraction of sp³-hybridized carbons (Fsp3) is 0.571. The monoisotopic (exact) mass is 562 g/mol. The molecule has 4 aliphatic rings. The van der Waals surface area contributed by atoms with Crippen molar-refractivity contribution in [3.63, 3.8) is 0 Å². The summed E-state index contributed by atoms with van der Waals surface area (Å²) in [6, 6.07) is 3.29. The zero-order chi connectivity index (χ0) is 29.1. The molecule has 1 aromatic carbocycles. The molecule has 1 saturated carbocycles. The molecule has 0 radical (unpaired) electrons. The number of carbonyl (C=O) groups excluding carboxylic acids is 1. The normalized spacial score (nSPS) is 35.1. The second kappa shape index (κ2) is 12.7. The molecule has 6 heteroatoms. The third kappa shape index (κ3) is 6.87. The number of hydrogen-bond acceptors (Lipinski definition) is 6. The summed E-state index contributed by atoms with van der Waals surface area (Å²) in [4.78, 5) is 13.6. The van der Waals surface area contributed by atoms with E-state index in [4.69, 9.17) is 14.2 Å². The molecular formula is C35H46O6. The van der Waals surface area contributed by atoms with E-state index in [0.717, 1.165) is 5.57 Å². The van der Waals surface area contributed by atoms with Gasteiger partial charge in [-0.15, -0.1) is 0 Å². The van der Waals surface area contributed by atoms with Crippen molar-refractivity contribution < 1.29 is 29.2 Å². The number of aliphatic hydroxyl groups is 1. The molecule has 1 aromatic rings. The molecule has 1 aliphatic carbocycles. The molecule has 6 nitrogen and oxygen atoms in total. The maximum atomic E-state index is 13.6. The predicted octanol–water partition coefficient (Wildman–Crippen LogP) is 7.19. The van der Waals surface area contributed by atoms with Crippen molar-refractivity contribution in [3.8, 4) is 5.75 Å². The van der Waals surface area contributed by atoms with Gasteiger partial charge in [0.25, 0.3) is 0 Å². The van der Waals surface area contributed by atoms with Crippen LogP contribution in [0.4, 0.5) is 0 Å². The number of hydrogen-bond donors (Lipinski definition) is 2. The summed E-state index contributed by atoms with van der Waals surface area (Å²) in [7, 11) is 0. The van der Waals surface area contributed by atoms with E-state index in [9.17, 15) is 15.0 Å². The lowest BCUT2D eigenvalue weighted by molar-refractivity contribution is -0.300. The maximum Gasteiger partial charge on any atom is 0.339 e. The summed E-state index contributed by atoms with van der Waals surface area (Å²) >= 11 is 0. The molecule has 0 unspecified atom stereocenters. The Kier molecular flexibility index (Phi) is 9.22. The quantitative estimate of drug-likeness (QED) is 0.278. The van der Waals surface area contributed by atoms with Gasteiger partial charge in [0.2, 0.25) is 0 Å². The Balaban J connectivity index is 1.49. The van der Waals surface area contributed by atoms with E-state index in [2.05, 4.69) is 19.1 Å². The number of benzene rings is 1. The van der Waals surface area contributed by atoms with Crippen molar-refractivity contribution >= 4 is 12.0 Å². The molecule has 3 heterocycles. The van der Waals surface area contributed by atoms with Crippen LogP contribution >= 0.6 is 0 Å². The van der Waals surface area contributed by atoms with Gasteiger partial charge in [0.05, 0.1) is 23.9 Å². The standard InChI is InChI=1S/C35H46O6/c1-22-10-8-9-13-27-19-31(36)25(4)18-30(27)34(38)39-29-20-28(15-14-23(2)32(22)37)40-35(21-29)17-16-24(3)33(41-35)26-11-6-5-7-12-26/h8-10,13-14,16-19,22,24,26,28-29,32-33,36-37H,5-7,11-12,15,20-21H2,1-4H3/t22-,24-,28+,29-,32-,33-,35+/m0/s1. The minimum Gasteiger partial charge on any atom is -0.508 e. The summed E-state index contributed by atoms with van der Waals surface area (Å²) in [6.07, 6.45) is 20.1. The van der Waals surface area contributed by atoms with Crippen LogP contribution in [0.15, 0.2) is 54.2 Å². The fourth-order valence-corrected chi connectivity index (χ4v) is 6.86. The van der Waals surface area contributed by atoms with E-state index in [-0.39, 0.29) is 23.9 Å². The Bertz CT molecular complexity index is 1220. The third-order valence-electron chi connectivity index (χ3n) is 9.36. The largest absolute Gasteiger partial charge is 0.508 e. The summed E-state index contributed by atoms with van der Waals surface area (Å²) in [6.45, 7) is 7.92. The molecule has 3 aliphatic heterocycles. The second-order valence-corrected chi connectivity index (χ2v) is 12.7. The summed E-state index contributed by atoms with van der Waals surface area (Å²) < 4.78 is 19.8. The smallest absolute Gasteiger partial charge is 0.339 e.